The van der Waals surface area contributed by atoms with Gasteiger partial charge >= 0.3 is 0 Å². The number of benzene rings is 4. The van der Waals surface area contributed by atoms with Gasteiger partial charge in [0.2, 0.25) is 0 Å². The summed E-state index contributed by atoms with van der Waals surface area (Å²) in [5, 5.41) is 12.2. The molecule has 41 heavy (non-hydrogen) atoms. The van der Waals surface area contributed by atoms with E-state index in [4.69, 9.17) is 4.98 Å². The Labute approximate surface area is 236 Å². The van der Waals surface area contributed by atoms with Crippen LogP contribution in [-0.2, 0) is 0 Å². The number of nitrogens with one attached hydrogen (secondary N) is 3. The molecule has 202 valence electrons. The molecule has 0 saturated carbocycles. The van der Waals surface area contributed by atoms with Gasteiger partial charge in [0, 0.05) is 28.1 Å². The molecule has 0 radical (unpaired) electrons. The van der Waals surface area contributed by atoms with Gasteiger partial charge in [-0.05, 0) is 73.7 Å². The summed E-state index contributed by atoms with van der Waals surface area (Å²) in [6.07, 6.45) is 1.92. The Morgan fingerprint density at radius 2 is 1.49 bits per heavy atom. The highest BCUT2D eigenvalue weighted by molar-refractivity contribution is 6.06. The highest BCUT2D eigenvalue weighted by Gasteiger charge is 2.18. The van der Waals surface area contributed by atoms with Crippen LogP contribution in [0, 0.1) is 0 Å². The van der Waals surface area contributed by atoms with Gasteiger partial charge in [-0.1, -0.05) is 35.4 Å². The van der Waals surface area contributed by atoms with Gasteiger partial charge in [0.05, 0.1) is 23.8 Å². The third-order valence-corrected chi connectivity index (χ3v) is 6.65. The van der Waals surface area contributed by atoms with E-state index in [0.29, 0.717) is 22.6 Å². The van der Waals surface area contributed by atoms with Gasteiger partial charge in [-0.2, -0.15) is 0 Å². The average molecular weight is 543 g/mol. The summed E-state index contributed by atoms with van der Waals surface area (Å²) in [6.45, 7) is 2.78. The zero-order valence-corrected chi connectivity index (χ0v) is 22.6. The number of amides is 2. The largest absolute Gasteiger partial charge is 0.338 e. The summed E-state index contributed by atoms with van der Waals surface area (Å²) in [5.74, 6) is 0.283. The minimum absolute atomic E-state index is 0.177. The number of carbonyl (C=O) groups is 2. The number of hydrogen-bond acceptors (Lipinski definition) is 5. The molecule has 0 saturated heterocycles. The van der Waals surface area contributed by atoms with Crippen molar-refractivity contribution in [3.05, 3.63) is 108 Å². The van der Waals surface area contributed by atoms with Crippen molar-refractivity contribution in [1.82, 2.24) is 9.97 Å². The molecule has 9 heteroatoms. The van der Waals surface area contributed by atoms with E-state index in [1.165, 1.54) is 0 Å². The Bertz CT molecular complexity index is 1790. The van der Waals surface area contributed by atoms with E-state index in [1.807, 2.05) is 93.1 Å². The molecule has 4 aromatic carbocycles. The SMILES string of the molecule is CC1=NN(c2ccc(C(=O)Nc3ccc4[nH]c(-c5ccc(C(=O)Nc6ccccc6)cc5)nc4c3)cc2)C=[N+](C)C1. The summed E-state index contributed by atoms with van der Waals surface area (Å²) in [7, 11) is 2.00. The minimum Gasteiger partial charge on any atom is -0.338 e. The Morgan fingerprint density at radius 1 is 0.829 bits per heavy atom. The van der Waals surface area contributed by atoms with Crippen LogP contribution >= 0.6 is 0 Å². The first-order valence-electron chi connectivity index (χ1n) is 13.2. The molecule has 0 spiro atoms. The van der Waals surface area contributed by atoms with E-state index in [2.05, 4.69) is 25.3 Å². The van der Waals surface area contributed by atoms with Crippen LogP contribution in [0.5, 0.6) is 0 Å². The van der Waals surface area contributed by atoms with E-state index in [9.17, 15) is 9.59 Å². The summed E-state index contributed by atoms with van der Waals surface area (Å²) < 4.78 is 2.06. The van der Waals surface area contributed by atoms with Crippen molar-refractivity contribution < 1.29 is 14.2 Å². The quantitative estimate of drug-likeness (QED) is 0.243. The van der Waals surface area contributed by atoms with Gasteiger partial charge < -0.3 is 15.6 Å². The van der Waals surface area contributed by atoms with Gasteiger partial charge in [0.1, 0.15) is 12.4 Å². The van der Waals surface area contributed by atoms with E-state index in [1.54, 1.807) is 29.3 Å². The number of nitrogens with zero attached hydrogens (tertiary/aromatic N) is 4. The molecule has 0 aliphatic carbocycles. The van der Waals surface area contributed by atoms with Crippen LogP contribution in [0.2, 0.25) is 0 Å². The first-order chi connectivity index (χ1) is 19.9. The number of anilines is 3. The number of carbonyl (C=O) groups excluding carboxylic acids is 2. The highest BCUT2D eigenvalue weighted by atomic mass is 16.2. The monoisotopic (exact) mass is 542 g/mol. The van der Waals surface area contributed by atoms with Crippen LogP contribution in [0.3, 0.4) is 0 Å². The molecular formula is C32H28N7O2+. The van der Waals surface area contributed by atoms with Gasteiger partial charge in [0.25, 0.3) is 18.2 Å². The van der Waals surface area contributed by atoms with Crippen molar-refractivity contribution in [2.45, 2.75) is 6.92 Å². The molecule has 5 aromatic rings. The van der Waals surface area contributed by atoms with Crippen molar-refractivity contribution in [2.24, 2.45) is 5.10 Å². The Balaban J connectivity index is 1.13. The highest BCUT2D eigenvalue weighted by Crippen LogP contribution is 2.24. The molecular weight excluding hydrogens is 514 g/mol. The zero-order chi connectivity index (χ0) is 28.3. The average Bonchev–Trinajstić information content (AvgIpc) is 3.41. The number of hydrazone groups is 1. The number of aromatic amines is 1. The van der Waals surface area contributed by atoms with Crippen molar-refractivity contribution in [1.29, 1.82) is 0 Å². The molecule has 9 nitrogen and oxygen atoms in total. The normalized spacial score (nSPS) is 13.0. The molecule has 0 bridgehead atoms. The fourth-order valence-corrected chi connectivity index (χ4v) is 4.65. The third-order valence-electron chi connectivity index (χ3n) is 6.65. The lowest BCUT2D eigenvalue weighted by atomic mass is 10.1. The number of H-pyrrole nitrogens is 1. The molecule has 3 N–H and O–H groups in total. The van der Waals surface area contributed by atoms with E-state index >= 15 is 0 Å². The lowest BCUT2D eigenvalue weighted by Crippen LogP contribution is -2.32. The lowest BCUT2D eigenvalue weighted by Gasteiger charge is -2.14. The lowest BCUT2D eigenvalue weighted by molar-refractivity contribution is -0.478. The third kappa shape index (κ3) is 5.74. The standard InChI is InChI=1S/C32H27N7O2/c1-21-19-38(2)20-39(37-21)27-15-12-24(13-16-27)32(41)34-26-14-17-28-29(18-26)36-30(35-28)22-8-10-23(11-9-22)31(40)33-25-6-4-3-5-7-25/h3-18,20H,19H2,1-2H3,(H2-,33,34,35,36,40,41)/p+1. The Kier molecular flexibility index (Phi) is 6.83. The second-order valence-corrected chi connectivity index (χ2v) is 9.93. The summed E-state index contributed by atoms with van der Waals surface area (Å²) in [5.41, 5.74) is 6.77. The van der Waals surface area contributed by atoms with Gasteiger partial charge in [-0.3, -0.25) is 14.2 Å². The van der Waals surface area contributed by atoms with Crippen LogP contribution in [0.4, 0.5) is 17.1 Å². The van der Waals surface area contributed by atoms with Crippen molar-refractivity contribution in [2.75, 3.05) is 29.2 Å². The maximum Gasteiger partial charge on any atom is 0.265 e. The van der Waals surface area contributed by atoms with E-state index in [0.717, 1.165) is 40.2 Å². The minimum atomic E-state index is -0.213. The maximum atomic E-state index is 12.9. The summed E-state index contributed by atoms with van der Waals surface area (Å²) >= 11 is 0. The van der Waals surface area contributed by atoms with Crippen molar-refractivity contribution >= 4 is 52.0 Å². The molecule has 6 rings (SSSR count). The Hall–Kier alpha value is -5.57. The number of para-hydroxylation sites is 1. The maximum absolute atomic E-state index is 12.9. The van der Waals surface area contributed by atoms with Gasteiger partial charge in [-0.15, -0.1) is 5.01 Å². The first-order valence-corrected chi connectivity index (χ1v) is 13.2. The van der Waals surface area contributed by atoms with Crippen LogP contribution in [-0.4, -0.2) is 52.0 Å². The van der Waals surface area contributed by atoms with Gasteiger partial charge in [0.15, 0.2) is 5.69 Å². The van der Waals surface area contributed by atoms with Crippen molar-refractivity contribution in [3.63, 3.8) is 0 Å². The predicted octanol–water partition coefficient (Wildman–Crippen LogP) is 5.60. The predicted molar refractivity (Wildman–Crippen MR) is 163 cm³/mol. The summed E-state index contributed by atoms with van der Waals surface area (Å²) in [6, 6.07) is 29.5. The molecule has 0 atom stereocenters. The zero-order valence-electron chi connectivity index (χ0n) is 22.6. The fourth-order valence-electron chi connectivity index (χ4n) is 4.65. The fraction of sp³-hybridized carbons (Fsp3) is 0.0938. The smallest absolute Gasteiger partial charge is 0.265 e. The molecule has 0 unspecified atom stereocenters. The summed E-state index contributed by atoms with van der Waals surface area (Å²) in [4.78, 5) is 33.5. The van der Waals surface area contributed by atoms with Crippen LogP contribution < -0.4 is 15.6 Å². The molecule has 0 fully saturated rings. The van der Waals surface area contributed by atoms with Crippen LogP contribution in [0.1, 0.15) is 27.6 Å². The van der Waals surface area contributed by atoms with Crippen molar-refractivity contribution in [3.8, 4) is 11.4 Å². The molecule has 2 amide bonds. The number of aromatic nitrogens is 2. The number of fused-ring (bicyclic) bond motifs is 1. The van der Waals surface area contributed by atoms with Crippen LogP contribution in [0.25, 0.3) is 22.4 Å². The molecule has 1 aliphatic rings. The molecule has 1 aliphatic heterocycles. The second kappa shape index (κ2) is 10.9. The Morgan fingerprint density at radius 3 is 2.17 bits per heavy atom. The number of hydrogen-bond donors (Lipinski definition) is 3. The van der Waals surface area contributed by atoms with Crippen LogP contribution in [0.15, 0.2) is 102 Å². The van der Waals surface area contributed by atoms with E-state index in [-0.39, 0.29) is 11.8 Å². The first kappa shape index (κ1) is 25.7. The van der Waals surface area contributed by atoms with E-state index < -0.39 is 0 Å². The molecule has 2 heterocycles. The molecule has 1 aromatic heterocycles. The number of rotatable bonds is 6. The number of imidazole rings is 1. The second-order valence-electron chi connectivity index (χ2n) is 9.93. The topological polar surface area (TPSA) is 105 Å². The van der Waals surface area contributed by atoms with Gasteiger partial charge in [-0.25, -0.2) is 4.98 Å².